The Morgan fingerprint density at radius 1 is 1.14 bits per heavy atom. The fourth-order valence-electron chi connectivity index (χ4n) is 1.97. The summed E-state index contributed by atoms with van der Waals surface area (Å²) in [5.74, 6) is 2.22. The third-order valence-electron chi connectivity index (χ3n) is 3.18. The number of hydrogen-bond acceptors (Lipinski definition) is 5. The van der Waals surface area contributed by atoms with Crippen LogP contribution in [0, 0.1) is 6.92 Å². The molecule has 112 valence electrons. The van der Waals surface area contributed by atoms with Crippen molar-refractivity contribution in [3.05, 3.63) is 40.8 Å². The summed E-state index contributed by atoms with van der Waals surface area (Å²) in [6.07, 6.45) is 2.29. The van der Waals surface area contributed by atoms with Crippen LogP contribution in [0.1, 0.15) is 11.1 Å². The molecular formula is C15H18ClN3O2. The predicted molar refractivity (Wildman–Crippen MR) is 83.5 cm³/mol. The van der Waals surface area contributed by atoms with E-state index >= 15 is 0 Å². The molecule has 6 heteroatoms. The minimum atomic E-state index is 0.471. The molecule has 0 fully saturated rings. The van der Waals surface area contributed by atoms with E-state index < -0.39 is 0 Å². The van der Waals surface area contributed by atoms with Crippen LogP contribution in [0.5, 0.6) is 11.5 Å². The second-order valence-electron chi connectivity index (χ2n) is 4.50. The van der Waals surface area contributed by atoms with Gasteiger partial charge in [0, 0.05) is 12.1 Å². The Balaban J connectivity index is 1.99. The van der Waals surface area contributed by atoms with Gasteiger partial charge in [0.2, 0.25) is 0 Å². The van der Waals surface area contributed by atoms with Crippen LogP contribution in [0.4, 0.5) is 5.82 Å². The van der Waals surface area contributed by atoms with Crippen molar-refractivity contribution in [2.45, 2.75) is 13.3 Å². The van der Waals surface area contributed by atoms with E-state index in [0.29, 0.717) is 5.15 Å². The van der Waals surface area contributed by atoms with Gasteiger partial charge in [-0.3, -0.25) is 0 Å². The number of methoxy groups -OCH3 is 2. The number of aromatic nitrogens is 2. The van der Waals surface area contributed by atoms with Crippen LogP contribution in [0.2, 0.25) is 5.15 Å². The molecule has 2 aromatic rings. The van der Waals surface area contributed by atoms with Gasteiger partial charge in [0.15, 0.2) is 11.5 Å². The first-order valence-electron chi connectivity index (χ1n) is 6.57. The average molecular weight is 308 g/mol. The summed E-state index contributed by atoms with van der Waals surface area (Å²) in [7, 11) is 3.26. The molecule has 1 aromatic carbocycles. The Labute approximate surface area is 129 Å². The van der Waals surface area contributed by atoms with Gasteiger partial charge in [-0.25, -0.2) is 9.97 Å². The minimum absolute atomic E-state index is 0.471. The molecule has 0 unspecified atom stereocenters. The molecule has 2 rings (SSSR count). The van der Waals surface area contributed by atoms with Crippen molar-refractivity contribution in [1.29, 1.82) is 0 Å². The summed E-state index contributed by atoms with van der Waals surface area (Å²) in [5, 5.41) is 3.73. The number of benzene rings is 1. The molecule has 0 saturated carbocycles. The summed E-state index contributed by atoms with van der Waals surface area (Å²) in [6, 6.07) is 5.89. The Hall–Kier alpha value is -2.01. The molecule has 0 spiro atoms. The molecule has 1 aromatic heterocycles. The van der Waals surface area contributed by atoms with Gasteiger partial charge >= 0.3 is 0 Å². The highest BCUT2D eigenvalue weighted by atomic mass is 35.5. The topological polar surface area (TPSA) is 56.3 Å². The first kappa shape index (κ1) is 15.4. The molecule has 0 radical (unpaired) electrons. The number of anilines is 1. The van der Waals surface area contributed by atoms with E-state index in [0.717, 1.165) is 41.4 Å². The van der Waals surface area contributed by atoms with Crippen LogP contribution in [-0.2, 0) is 6.42 Å². The number of rotatable bonds is 6. The van der Waals surface area contributed by atoms with Gasteiger partial charge in [-0.15, -0.1) is 0 Å². The molecule has 0 aliphatic heterocycles. The van der Waals surface area contributed by atoms with Gasteiger partial charge in [0.25, 0.3) is 0 Å². The van der Waals surface area contributed by atoms with Crippen molar-refractivity contribution in [3.8, 4) is 11.5 Å². The molecule has 21 heavy (non-hydrogen) atoms. The van der Waals surface area contributed by atoms with Crippen LogP contribution < -0.4 is 14.8 Å². The number of hydrogen-bond donors (Lipinski definition) is 1. The van der Waals surface area contributed by atoms with Gasteiger partial charge in [-0.2, -0.15) is 0 Å². The van der Waals surface area contributed by atoms with Crippen molar-refractivity contribution in [2.75, 3.05) is 26.1 Å². The van der Waals surface area contributed by atoms with E-state index in [9.17, 15) is 0 Å². The normalized spacial score (nSPS) is 10.3. The van der Waals surface area contributed by atoms with Crippen LogP contribution in [0.15, 0.2) is 24.5 Å². The molecule has 0 aliphatic carbocycles. The van der Waals surface area contributed by atoms with Crippen molar-refractivity contribution in [3.63, 3.8) is 0 Å². The van der Waals surface area contributed by atoms with E-state index in [1.165, 1.54) is 6.33 Å². The Bertz CT molecular complexity index is 620. The molecule has 0 saturated heterocycles. The Morgan fingerprint density at radius 3 is 2.62 bits per heavy atom. The van der Waals surface area contributed by atoms with Gasteiger partial charge in [0.05, 0.1) is 14.2 Å². The van der Waals surface area contributed by atoms with Gasteiger partial charge in [-0.05, 0) is 31.0 Å². The zero-order chi connectivity index (χ0) is 15.2. The lowest BCUT2D eigenvalue weighted by Gasteiger charge is -2.11. The summed E-state index contributed by atoms with van der Waals surface area (Å²) in [6.45, 7) is 2.63. The molecule has 0 atom stereocenters. The average Bonchev–Trinajstić information content (AvgIpc) is 2.51. The van der Waals surface area contributed by atoms with Crippen molar-refractivity contribution in [2.24, 2.45) is 0 Å². The number of halogens is 1. The smallest absolute Gasteiger partial charge is 0.160 e. The number of nitrogens with one attached hydrogen (secondary N) is 1. The summed E-state index contributed by atoms with van der Waals surface area (Å²) in [5.41, 5.74) is 2.00. The fraction of sp³-hybridized carbons (Fsp3) is 0.333. The lowest BCUT2D eigenvalue weighted by molar-refractivity contribution is 0.354. The molecule has 1 N–H and O–H groups in total. The number of nitrogens with zero attached hydrogens (tertiary/aromatic N) is 2. The maximum Gasteiger partial charge on any atom is 0.160 e. The quantitative estimate of drug-likeness (QED) is 0.831. The summed E-state index contributed by atoms with van der Waals surface area (Å²) < 4.78 is 10.5. The van der Waals surface area contributed by atoms with Gasteiger partial charge in [-0.1, -0.05) is 17.7 Å². The predicted octanol–water partition coefficient (Wildman–Crippen LogP) is 3.11. The largest absolute Gasteiger partial charge is 0.493 e. The maximum absolute atomic E-state index is 5.96. The van der Waals surface area contributed by atoms with Crippen molar-refractivity contribution in [1.82, 2.24) is 9.97 Å². The second-order valence-corrected chi connectivity index (χ2v) is 4.86. The number of ether oxygens (including phenoxy) is 2. The lowest BCUT2D eigenvalue weighted by atomic mass is 10.1. The zero-order valence-electron chi connectivity index (χ0n) is 12.3. The van der Waals surface area contributed by atoms with Crippen LogP contribution in [0.25, 0.3) is 0 Å². The molecule has 0 amide bonds. The van der Waals surface area contributed by atoms with Crippen LogP contribution in [-0.4, -0.2) is 30.7 Å². The van der Waals surface area contributed by atoms with E-state index in [2.05, 4.69) is 15.3 Å². The lowest BCUT2D eigenvalue weighted by Crippen LogP contribution is -2.08. The SMILES string of the molecule is COc1ccc(CCNc2ncnc(Cl)c2C)cc1OC. The molecule has 1 heterocycles. The highest BCUT2D eigenvalue weighted by molar-refractivity contribution is 6.30. The first-order valence-corrected chi connectivity index (χ1v) is 6.95. The third-order valence-corrected chi connectivity index (χ3v) is 3.56. The zero-order valence-corrected chi connectivity index (χ0v) is 13.1. The standard InChI is InChI=1S/C15H18ClN3O2/c1-10-14(16)18-9-19-15(10)17-7-6-11-4-5-12(20-2)13(8-11)21-3/h4-5,8-9H,6-7H2,1-3H3,(H,17,18,19). The molecule has 0 bridgehead atoms. The first-order chi connectivity index (χ1) is 10.2. The van der Waals surface area contributed by atoms with E-state index in [1.54, 1.807) is 14.2 Å². The maximum atomic E-state index is 5.96. The van der Waals surface area contributed by atoms with E-state index in [-0.39, 0.29) is 0 Å². The van der Waals surface area contributed by atoms with E-state index in [4.69, 9.17) is 21.1 Å². The fourth-order valence-corrected chi connectivity index (χ4v) is 2.10. The van der Waals surface area contributed by atoms with Crippen LogP contribution in [0.3, 0.4) is 0 Å². The van der Waals surface area contributed by atoms with Gasteiger partial charge in [0.1, 0.15) is 17.3 Å². The molecule has 0 aliphatic rings. The highest BCUT2D eigenvalue weighted by Crippen LogP contribution is 2.27. The van der Waals surface area contributed by atoms with Gasteiger partial charge < -0.3 is 14.8 Å². The second kappa shape index (κ2) is 7.13. The third kappa shape index (κ3) is 3.76. The van der Waals surface area contributed by atoms with E-state index in [1.807, 2.05) is 25.1 Å². The summed E-state index contributed by atoms with van der Waals surface area (Å²) in [4.78, 5) is 8.11. The Morgan fingerprint density at radius 2 is 1.90 bits per heavy atom. The highest BCUT2D eigenvalue weighted by Gasteiger charge is 2.06. The minimum Gasteiger partial charge on any atom is -0.493 e. The molecule has 5 nitrogen and oxygen atoms in total. The monoisotopic (exact) mass is 307 g/mol. The molecular weight excluding hydrogens is 290 g/mol. The summed E-state index contributed by atoms with van der Waals surface area (Å²) >= 11 is 5.96. The Kier molecular flexibility index (Phi) is 5.22. The van der Waals surface area contributed by atoms with Crippen molar-refractivity contribution >= 4 is 17.4 Å². The van der Waals surface area contributed by atoms with Crippen LogP contribution >= 0.6 is 11.6 Å². The van der Waals surface area contributed by atoms with Crippen molar-refractivity contribution < 1.29 is 9.47 Å².